The molecule has 3 nitrogen and oxygen atoms in total. The minimum absolute atomic E-state index is 0.209. The highest BCUT2D eigenvalue weighted by Crippen LogP contribution is 2.20. The molecule has 104 valence electrons. The summed E-state index contributed by atoms with van der Waals surface area (Å²) in [7, 11) is 1.98. The molecule has 0 fully saturated rings. The second-order valence-corrected chi connectivity index (χ2v) is 4.99. The number of hydrogen-bond donors (Lipinski definition) is 1. The Kier molecular flexibility index (Phi) is 6.06. The van der Waals surface area contributed by atoms with Crippen LogP contribution in [-0.2, 0) is 4.79 Å². The monoisotopic (exact) mass is 281 g/mol. The van der Waals surface area contributed by atoms with Crippen molar-refractivity contribution in [3.63, 3.8) is 0 Å². The molecule has 0 aliphatic heterocycles. The number of halogens is 1. The average Bonchev–Trinajstić information content (AvgIpc) is 2.38. The second kappa shape index (κ2) is 7.31. The maximum absolute atomic E-state index is 10.9. The summed E-state index contributed by atoms with van der Waals surface area (Å²) in [5, 5.41) is 9.69. The Morgan fingerprint density at radius 2 is 2.00 bits per heavy atom. The molecule has 1 unspecified atom stereocenters. The van der Waals surface area contributed by atoms with Crippen molar-refractivity contribution in [2.45, 2.75) is 26.3 Å². The molecule has 1 atom stereocenters. The zero-order chi connectivity index (χ0) is 14.4. The van der Waals surface area contributed by atoms with Crippen molar-refractivity contribution in [1.82, 2.24) is 4.90 Å². The summed E-state index contributed by atoms with van der Waals surface area (Å²) in [6.07, 6.45) is 2.31. The molecule has 0 radical (unpaired) electrons. The fraction of sp³-hybridized carbons (Fsp3) is 0.400. The smallest absolute Gasteiger partial charge is 0.331 e. The maximum Gasteiger partial charge on any atom is 0.331 e. The van der Waals surface area contributed by atoms with E-state index in [1.54, 1.807) is 6.08 Å². The van der Waals surface area contributed by atoms with Gasteiger partial charge in [-0.15, -0.1) is 0 Å². The quantitative estimate of drug-likeness (QED) is 0.807. The van der Waals surface area contributed by atoms with Crippen LogP contribution < -0.4 is 0 Å². The van der Waals surface area contributed by atoms with Crippen LogP contribution in [0, 0.1) is 0 Å². The van der Waals surface area contributed by atoms with Gasteiger partial charge >= 0.3 is 5.97 Å². The number of nitrogens with zero attached hydrogens (tertiary/aromatic N) is 1. The summed E-state index contributed by atoms with van der Waals surface area (Å²) in [6.45, 7) is 4.55. The highest BCUT2D eigenvalue weighted by Gasteiger charge is 2.11. The highest BCUT2D eigenvalue weighted by molar-refractivity contribution is 6.30. The van der Waals surface area contributed by atoms with E-state index in [0.29, 0.717) is 18.5 Å². The van der Waals surface area contributed by atoms with Crippen LogP contribution in [0.15, 0.2) is 35.9 Å². The second-order valence-electron chi connectivity index (χ2n) is 4.56. The third kappa shape index (κ3) is 4.69. The maximum atomic E-state index is 10.9. The van der Waals surface area contributed by atoms with Crippen molar-refractivity contribution in [2.75, 3.05) is 13.6 Å². The predicted octanol–water partition coefficient (Wildman–Crippen LogP) is 3.75. The van der Waals surface area contributed by atoms with Crippen molar-refractivity contribution in [3.05, 3.63) is 46.5 Å². The molecule has 0 aliphatic carbocycles. The molecule has 0 aromatic heterocycles. The van der Waals surface area contributed by atoms with Crippen LogP contribution in [0.2, 0.25) is 5.02 Å². The van der Waals surface area contributed by atoms with E-state index in [-0.39, 0.29) is 6.04 Å². The fourth-order valence-electron chi connectivity index (χ4n) is 1.79. The zero-order valence-electron chi connectivity index (χ0n) is 11.6. The van der Waals surface area contributed by atoms with Crippen molar-refractivity contribution in [2.24, 2.45) is 0 Å². The molecule has 0 aliphatic rings. The lowest BCUT2D eigenvalue weighted by Gasteiger charge is -2.24. The van der Waals surface area contributed by atoms with E-state index < -0.39 is 5.97 Å². The molecule has 0 heterocycles. The number of carboxylic acids is 1. The number of carbonyl (C=O) groups is 1. The first-order valence-corrected chi connectivity index (χ1v) is 6.71. The summed E-state index contributed by atoms with van der Waals surface area (Å²) in [6, 6.07) is 7.92. The van der Waals surface area contributed by atoms with Gasteiger partial charge in [0.2, 0.25) is 0 Å². The average molecular weight is 282 g/mol. The van der Waals surface area contributed by atoms with Gasteiger partial charge in [-0.2, -0.15) is 0 Å². The van der Waals surface area contributed by atoms with Crippen LogP contribution in [0.5, 0.6) is 0 Å². The summed E-state index contributed by atoms with van der Waals surface area (Å²) in [5.41, 5.74) is 1.61. The molecular weight excluding hydrogens is 262 g/mol. The van der Waals surface area contributed by atoms with Gasteiger partial charge in [-0.25, -0.2) is 4.79 Å². The number of hydrogen-bond acceptors (Lipinski definition) is 2. The Balaban J connectivity index is 2.70. The molecule has 0 saturated heterocycles. The molecule has 0 amide bonds. The topological polar surface area (TPSA) is 40.5 Å². The van der Waals surface area contributed by atoms with Crippen molar-refractivity contribution in [3.8, 4) is 0 Å². The first kappa shape index (κ1) is 15.7. The van der Waals surface area contributed by atoms with Crippen LogP contribution in [0.25, 0.3) is 0 Å². The van der Waals surface area contributed by atoms with Gasteiger partial charge in [0, 0.05) is 23.2 Å². The largest absolute Gasteiger partial charge is 0.478 e. The molecule has 1 N–H and O–H groups in total. The lowest BCUT2D eigenvalue weighted by molar-refractivity contribution is -0.132. The minimum atomic E-state index is -0.838. The van der Waals surface area contributed by atoms with E-state index in [0.717, 1.165) is 10.6 Å². The molecule has 19 heavy (non-hydrogen) atoms. The van der Waals surface area contributed by atoms with Gasteiger partial charge in [0.25, 0.3) is 0 Å². The SMILES string of the molecule is CCC(=CCN(C)C(C)c1ccc(Cl)cc1)C(=O)O. The van der Waals surface area contributed by atoms with Gasteiger partial charge in [0.1, 0.15) is 0 Å². The van der Waals surface area contributed by atoms with E-state index in [4.69, 9.17) is 16.7 Å². The number of benzene rings is 1. The Labute approximate surface area is 119 Å². The standard InChI is InChI=1S/C15H20ClNO2/c1-4-12(15(18)19)9-10-17(3)11(2)13-5-7-14(16)8-6-13/h5-9,11H,4,10H2,1-3H3,(H,18,19). The van der Waals surface area contributed by atoms with E-state index in [1.165, 1.54) is 0 Å². The Morgan fingerprint density at radius 1 is 1.42 bits per heavy atom. The van der Waals surface area contributed by atoms with Crippen molar-refractivity contribution in [1.29, 1.82) is 0 Å². The third-order valence-electron chi connectivity index (χ3n) is 3.29. The Hall–Kier alpha value is -1.32. The molecule has 1 aromatic rings. The van der Waals surface area contributed by atoms with Gasteiger partial charge in [-0.1, -0.05) is 36.7 Å². The summed E-state index contributed by atoms with van der Waals surface area (Å²) in [5.74, 6) is -0.838. The third-order valence-corrected chi connectivity index (χ3v) is 3.55. The van der Waals surface area contributed by atoms with E-state index in [1.807, 2.05) is 38.2 Å². The molecule has 1 aromatic carbocycles. The molecule has 4 heteroatoms. The molecule has 0 spiro atoms. The lowest BCUT2D eigenvalue weighted by Crippen LogP contribution is -2.23. The Morgan fingerprint density at radius 3 is 2.47 bits per heavy atom. The summed E-state index contributed by atoms with van der Waals surface area (Å²) < 4.78 is 0. The van der Waals surface area contributed by atoms with Crippen molar-refractivity contribution < 1.29 is 9.90 Å². The minimum Gasteiger partial charge on any atom is -0.478 e. The van der Waals surface area contributed by atoms with Crippen LogP contribution in [-0.4, -0.2) is 29.6 Å². The van der Waals surface area contributed by atoms with Crippen LogP contribution in [0.4, 0.5) is 0 Å². The van der Waals surface area contributed by atoms with Crippen molar-refractivity contribution >= 4 is 17.6 Å². The van der Waals surface area contributed by atoms with Gasteiger partial charge in [0.15, 0.2) is 0 Å². The molecule has 0 saturated carbocycles. The molecule has 1 rings (SSSR count). The number of rotatable bonds is 6. The Bertz CT molecular complexity index is 454. The van der Waals surface area contributed by atoms with E-state index in [2.05, 4.69) is 11.8 Å². The van der Waals surface area contributed by atoms with Crippen LogP contribution in [0.1, 0.15) is 31.9 Å². The van der Waals surface area contributed by atoms with Gasteiger partial charge < -0.3 is 5.11 Å². The van der Waals surface area contributed by atoms with Crippen LogP contribution in [0.3, 0.4) is 0 Å². The highest BCUT2D eigenvalue weighted by atomic mass is 35.5. The van der Waals surface area contributed by atoms with E-state index in [9.17, 15) is 4.79 Å². The number of likely N-dealkylation sites (N-methyl/N-ethyl adjacent to an activating group) is 1. The van der Waals surface area contributed by atoms with Crippen LogP contribution >= 0.6 is 11.6 Å². The van der Waals surface area contributed by atoms with Gasteiger partial charge in [-0.05, 0) is 38.1 Å². The normalized spacial score (nSPS) is 13.6. The predicted molar refractivity (Wildman–Crippen MR) is 78.5 cm³/mol. The number of aliphatic carboxylic acids is 1. The molecule has 0 bridgehead atoms. The van der Waals surface area contributed by atoms with Gasteiger partial charge in [0.05, 0.1) is 0 Å². The fourth-order valence-corrected chi connectivity index (χ4v) is 1.92. The summed E-state index contributed by atoms with van der Waals surface area (Å²) in [4.78, 5) is 13.0. The lowest BCUT2D eigenvalue weighted by atomic mass is 10.1. The zero-order valence-corrected chi connectivity index (χ0v) is 12.3. The van der Waals surface area contributed by atoms with E-state index >= 15 is 0 Å². The number of carboxylic acid groups (broad SMARTS) is 1. The summed E-state index contributed by atoms with van der Waals surface area (Å²) >= 11 is 5.86. The first-order valence-electron chi connectivity index (χ1n) is 6.33. The first-order chi connectivity index (χ1) is 8.95. The molecular formula is C15H20ClNO2. The van der Waals surface area contributed by atoms with Gasteiger partial charge in [-0.3, -0.25) is 4.90 Å².